The van der Waals surface area contributed by atoms with E-state index >= 15 is 0 Å². The Morgan fingerprint density at radius 3 is 2.23 bits per heavy atom. The van der Waals surface area contributed by atoms with Crippen LogP contribution in [-0.4, -0.2) is 55.1 Å². The summed E-state index contributed by atoms with van der Waals surface area (Å²) in [5, 5.41) is 2.89. The van der Waals surface area contributed by atoms with E-state index in [0.717, 1.165) is 5.56 Å². The topological polar surface area (TPSA) is 84.9 Å². The molecule has 3 rings (SSSR count). The van der Waals surface area contributed by atoms with Crippen LogP contribution in [0.2, 0.25) is 0 Å². The summed E-state index contributed by atoms with van der Waals surface area (Å²) in [7, 11) is 0. The van der Waals surface area contributed by atoms with Crippen LogP contribution in [-0.2, 0) is 19.1 Å². The van der Waals surface area contributed by atoms with Gasteiger partial charge in [-0.05, 0) is 24.6 Å². The third-order valence-electron chi connectivity index (χ3n) is 4.89. The maximum absolute atomic E-state index is 12.6. The van der Waals surface area contributed by atoms with E-state index in [4.69, 9.17) is 9.47 Å². The number of hydrogen-bond donors (Lipinski definition) is 1. The second-order valence-corrected chi connectivity index (χ2v) is 7.08. The van der Waals surface area contributed by atoms with Gasteiger partial charge in [-0.3, -0.25) is 14.4 Å². The van der Waals surface area contributed by atoms with Gasteiger partial charge in [0.25, 0.3) is 11.8 Å². The smallest absolute Gasteiger partial charge is 0.309 e. The summed E-state index contributed by atoms with van der Waals surface area (Å²) in [6.45, 7) is 3.50. The molecule has 2 aromatic rings. The molecular weight excluding hydrogens is 384 g/mol. The van der Waals surface area contributed by atoms with Crippen LogP contribution in [0.15, 0.2) is 60.7 Å². The predicted octanol–water partition coefficient (Wildman–Crippen LogP) is 2.34. The van der Waals surface area contributed by atoms with Crippen molar-refractivity contribution in [3.8, 4) is 0 Å². The minimum Gasteiger partial charge on any atom is -0.452 e. The van der Waals surface area contributed by atoms with Crippen LogP contribution in [0.1, 0.15) is 35.3 Å². The minimum absolute atomic E-state index is 0.0800. The van der Waals surface area contributed by atoms with E-state index in [9.17, 15) is 14.4 Å². The van der Waals surface area contributed by atoms with Crippen molar-refractivity contribution in [1.29, 1.82) is 0 Å². The number of benzene rings is 2. The van der Waals surface area contributed by atoms with Gasteiger partial charge in [0.05, 0.1) is 25.7 Å². The number of hydrogen-bond acceptors (Lipinski definition) is 5. The highest BCUT2D eigenvalue weighted by Crippen LogP contribution is 2.19. The van der Waals surface area contributed by atoms with Crippen molar-refractivity contribution in [3.05, 3.63) is 71.8 Å². The van der Waals surface area contributed by atoms with Gasteiger partial charge in [-0.1, -0.05) is 48.5 Å². The van der Waals surface area contributed by atoms with E-state index in [1.54, 1.807) is 36.1 Å². The Kier molecular flexibility index (Phi) is 7.57. The quantitative estimate of drug-likeness (QED) is 0.709. The summed E-state index contributed by atoms with van der Waals surface area (Å²) in [6, 6.07) is 17.4. The van der Waals surface area contributed by atoms with Crippen LogP contribution >= 0.6 is 0 Å². The highest BCUT2D eigenvalue weighted by atomic mass is 16.5. The molecule has 0 saturated carbocycles. The van der Waals surface area contributed by atoms with Gasteiger partial charge in [-0.25, -0.2) is 0 Å². The second-order valence-electron chi connectivity index (χ2n) is 7.08. The summed E-state index contributed by atoms with van der Waals surface area (Å²) >= 11 is 0. The summed E-state index contributed by atoms with van der Waals surface area (Å²) in [5.41, 5.74) is 1.29. The molecule has 1 fully saturated rings. The van der Waals surface area contributed by atoms with Crippen LogP contribution in [0.5, 0.6) is 0 Å². The number of amides is 2. The molecule has 1 aliphatic rings. The van der Waals surface area contributed by atoms with E-state index in [1.165, 1.54) is 0 Å². The lowest BCUT2D eigenvalue weighted by Gasteiger charge is -2.29. The maximum atomic E-state index is 12.6. The predicted molar refractivity (Wildman–Crippen MR) is 111 cm³/mol. The minimum atomic E-state index is -0.892. The largest absolute Gasteiger partial charge is 0.452 e. The molecule has 0 aromatic heterocycles. The van der Waals surface area contributed by atoms with Crippen molar-refractivity contribution in [2.75, 3.05) is 26.3 Å². The van der Waals surface area contributed by atoms with Crippen molar-refractivity contribution in [3.63, 3.8) is 0 Å². The maximum Gasteiger partial charge on any atom is 0.309 e. The second kappa shape index (κ2) is 10.5. The Morgan fingerprint density at radius 2 is 1.60 bits per heavy atom. The molecule has 158 valence electrons. The first-order chi connectivity index (χ1) is 14.5. The Bertz CT molecular complexity index is 850. The molecule has 1 heterocycles. The molecule has 1 aliphatic heterocycles. The molecule has 2 aromatic carbocycles. The highest BCUT2D eigenvalue weighted by molar-refractivity contribution is 5.94. The lowest BCUT2D eigenvalue weighted by atomic mass is 10.0. The zero-order valence-corrected chi connectivity index (χ0v) is 17.0. The lowest BCUT2D eigenvalue weighted by molar-refractivity contribution is -0.161. The first kappa shape index (κ1) is 21.5. The summed E-state index contributed by atoms with van der Waals surface area (Å²) in [5.74, 6) is -1.07. The van der Waals surface area contributed by atoms with Crippen molar-refractivity contribution in [2.24, 2.45) is 0 Å². The first-order valence-electron chi connectivity index (χ1n) is 10.0. The molecule has 0 bridgehead atoms. The normalized spacial score (nSPS) is 15.7. The molecule has 2 atom stereocenters. The molecule has 1 N–H and O–H groups in total. The van der Waals surface area contributed by atoms with Crippen LogP contribution in [0, 0.1) is 0 Å². The Hall–Kier alpha value is -3.19. The van der Waals surface area contributed by atoms with E-state index < -0.39 is 18.1 Å². The number of esters is 1. The van der Waals surface area contributed by atoms with Crippen LogP contribution < -0.4 is 5.32 Å². The summed E-state index contributed by atoms with van der Waals surface area (Å²) in [6.07, 6.45) is -0.972. The number of carbonyl (C=O) groups excluding carboxylic acids is 3. The molecule has 30 heavy (non-hydrogen) atoms. The van der Waals surface area contributed by atoms with Crippen LogP contribution in [0.4, 0.5) is 0 Å². The van der Waals surface area contributed by atoms with Gasteiger partial charge < -0.3 is 19.7 Å². The zero-order chi connectivity index (χ0) is 21.3. The molecule has 0 aliphatic carbocycles. The van der Waals surface area contributed by atoms with Crippen molar-refractivity contribution in [2.45, 2.75) is 25.5 Å². The van der Waals surface area contributed by atoms with Gasteiger partial charge >= 0.3 is 5.97 Å². The van der Waals surface area contributed by atoms with Gasteiger partial charge in [-0.2, -0.15) is 0 Å². The van der Waals surface area contributed by atoms with Gasteiger partial charge in [0, 0.05) is 18.7 Å². The van der Waals surface area contributed by atoms with Crippen molar-refractivity contribution >= 4 is 17.8 Å². The van der Waals surface area contributed by atoms with Gasteiger partial charge in [-0.15, -0.1) is 0 Å². The third kappa shape index (κ3) is 5.90. The Morgan fingerprint density at radius 1 is 1.00 bits per heavy atom. The molecule has 7 heteroatoms. The van der Waals surface area contributed by atoms with Crippen molar-refractivity contribution in [1.82, 2.24) is 10.2 Å². The fraction of sp³-hybridized carbons (Fsp3) is 0.348. The van der Waals surface area contributed by atoms with E-state index in [0.29, 0.717) is 31.9 Å². The fourth-order valence-corrected chi connectivity index (χ4v) is 3.27. The summed E-state index contributed by atoms with van der Waals surface area (Å²) in [4.78, 5) is 39.3. The lowest BCUT2D eigenvalue weighted by Crippen LogP contribution is -2.46. The van der Waals surface area contributed by atoms with Crippen molar-refractivity contribution < 1.29 is 23.9 Å². The Labute approximate surface area is 176 Å². The number of ether oxygens (including phenoxy) is 2. The van der Waals surface area contributed by atoms with Crippen LogP contribution in [0.25, 0.3) is 0 Å². The highest BCUT2D eigenvalue weighted by Gasteiger charge is 2.27. The molecule has 7 nitrogen and oxygen atoms in total. The summed E-state index contributed by atoms with van der Waals surface area (Å²) < 4.78 is 10.6. The van der Waals surface area contributed by atoms with Crippen LogP contribution in [0.3, 0.4) is 0 Å². The number of rotatable bonds is 7. The monoisotopic (exact) mass is 410 g/mol. The van der Waals surface area contributed by atoms with E-state index in [-0.39, 0.29) is 18.2 Å². The van der Waals surface area contributed by atoms with E-state index in [1.807, 2.05) is 36.4 Å². The van der Waals surface area contributed by atoms with E-state index in [2.05, 4.69) is 5.32 Å². The average molecular weight is 410 g/mol. The third-order valence-corrected chi connectivity index (χ3v) is 4.89. The Balaban J connectivity index is 1.64. The average Bonchev–Trinajstić information content (AvgIpc) is 2.79. The molecular formula is C23H26N2O5. The number of nitrogens with one attached hydrogen (secondary N) is 1. The number of carbonyl (C=O) groups is 3. The van der Waals surface area contributed by atoms with Gasteiger partial charge in [0.2, 0.25) is 0 Å². The first-order valence-corrected chi connectivity index (χ1v) is 10.0. The molecule has 0 spiro atoms. The fourth-order valence-electron chi connectivity index (χ4n) is 3.27. The molecule has 1 saturated heterocycles. The standard InChI is InChI=1S/C23H26N2O5/c1-17(23(28)25-12-14-29-15-13-25)30-21(26)16-20(18-8-4-2-5-9-18)24-22(27)19-10-6-3-7-11-19/h2-11,17,20H,12-16H2,1H3,(H,24,27). The number of nitrogens with zero attached hydrogens (tertiary/aromatic N) is 1. The molecule has 2 amide bonds. The number of morpholine rings is 1. The SMILES string of the molecule is CC(OC(=O)CC(NC(=O)c1ccccc1)c1ccccc1)C(=O)N1CCOCC1. The van der Waals surface area contributed by atoms with Gasteiger partial charge in [0.15, 0.2) is 6.10 Å². The van der Waals surface area contributed by atoms with Gasteiger partial charge in [0.1, 0.15) is 0 Å². The molecule has 2 unspecified atom stereocenters. The molecule has 0 radical (unpaired) electrons. The zero-order valence-electron chi connectivity index (χ0n) is 17.0.